The molecule has 2 fully saturated rings. The Hall–Kier alpha value is -1.32. The van der Waals surface area contributed by atoms with E-state index in [-0.39, 0.29) is 23.3 Å². The summed E-state index contributed by atoms with van der Waals surface area (Å²) in [5, 5.41) is 0.595. The molecular weight excluding hydrogens is 372 g/mol. The predicted octanol–water partition coefficient (Wildman–Crippen LogP) is 2.02. The first-order valence-corrected chi connectivity index (χ1v) is 9.15. The van der Waals surface area contributed by atoms with E-state index in [9.17, 15) is 13.0 Å². The van der Waals surface area contributed by atoms with Gasteiger partial charge in [0, 0.05) is 37.8 Å². The molecule has 0 aromatic carbocycles. The fourth-order valence-electron chi connectivity index (χ4n) is 4.11. The van der Waals surface area contributed by atoms with Crippen molar-refractivity contribution in [1.82, 2.24) is 18.8 Å². The summed E-state index contributed by atoms with van der Waals surface area (Å²) in [5.41, 5.74) is 1.74. The first-order valence-electron chi connectivity index (χ1n) is 8.01. The fraction of sp³-hybridized carbons (Fsp3) is 0.600. The molecule has 10 heteroatoms. The van der Waals surface area contributed by atoms with Gasteiger partial charge in [0.25, 0.3) is 6.43 Å². The Bertz CT molecular complexity index is 818. The van der Waals surface area contributed by atoms with Crippen LogP contribution < -0.4 is 4.90 Å². The minimum Gasteiger partial charge on any atom is -0.354 e. The molecule has 1 saturated heterocycles. The van der Waals surface area contributed by atoms with E-state index in [0.29, 0.717) is 5.02 Å². The van der Waals surface area contributed by atoms with Crippen LogP contribution in [0.15, 0.2) is 12.5 Å². The van der Waals surface area contributed by atoms with Crippen molar-refractivity contribution in [2.24, 2.45) is 12.5 Å². The lowest BCUT2D eigenvalue weighted by Crippen LogP contribution is -2.66. The van der Waals surface area contributed by atoms with E-state index in [4.69, 9.17) is 11.6 Å². The van der Waals surface area contributed by atoms with E-state index < -0.39 is 13.0 Å². The highest BCUT2D eigenvalue weighted by molar-refractivity contribution is 7.63. The van der Waals surface area contributed by atoms with Gasteiger partial charge in [0.15, 0.2) is 5.82 Å². The standard InChI is InChI=1S/C15H18ClF2N5OS/c1-21-4-10(16)12-13(21)14(20-8-19-12)22-6-15(7-22)2-9(3-15)23(25-24)5-11(17)18/h4,8-9,11,25H,2-3,5-7H2,1H3. The number of rotatable bonds is 5. The van der Waals surface area contributed by atoms with Gasteiger partial charge in [-0.2, -0.15) is 0 Å². The van der Waals surface area contributed by atoms with Crippen molar-refractivity contribution < 1.29 is 13.0 Å². The number of aryl methyl sites for hydroxylation is 1. The maximum atomic E-state index is 12.5. The van der Waals surface area contributed by atoms with Crippen LogP contribution >= 0.6 is 11.6 Å². The molecule has 4 rings (SSSR count). The number of aromatic nitrogens is 3. The monoisotopic (exact) mass is 389 g/mol. The minimum atomic E-state index is -2.47. The molecule has 0 unspecified atom stereocenters. The molecule has 6 nitrogen and oxygen atoms in total. The zero-order valence-electron chi connectivity index (χ0n) is 13.6. The molecule has 2 aromatic heterocycles. The number of anilines is 1. The van der Waals surface area contributed by atoms with Crippen molar-refractivity contribution in [3.63, 3.8) is 0 Å². The molecule has 1 aliphatic heterocycles. The summed E-state index contributed by atoms with van der Waals surface area (Å²) in [5.74, 6) is 0.847. The first kappa shape index (κ1) is 17.1. The third kappa shape index (κ3) is 2.82. The average molecular weight is 390 g/mol. The largest absolute Gasteiger partial charge is 0.354 e. The Morgan fingerprint density at radius 2 is 2.16 bits per heavy atom. The molecule has 3 heterocycles. The van der Waals surface area contributed by atoms with Crippen molar-refractivity contribution in [3.05, 3.63) is 17.5 Å². The van der Waals surface area contributed by atoms with Crippen LogP contribution in [-0.2, 0) is 18.9 Å². The van der Waals surface area contributed by atoms with Gasteiger partial charge in [-0.15, -0.1) is 0 Å². The molecular formula is C15H18ClF2N5OS. The Morgan fingerprint density at radius 1 is 1.44 bits per heavy atom. The van der Waals surface area contributed by atoms with Crippen molar-refractivity contribution in [2.75, 3.05) is 24.5 Å². The molecule has 0 amide bonds. The molecule has 2 aromatic rings. The molecule has 1 spiro atoms. The lowest BCUT2D eigenvalue weighted by molar-refractivity contribution is -0.00119. The van der Waals surface area contributed by atoms with Crippen LogP contribution in [-0.4, -0.2) is 55.2 Å². The van der Waals surface area contributed by atoms with Crippen LogP contribution in [0.3, 0.4) is 0 Å². The topological polar surface area (TPSA) is 54.3 Å². The highest BCUT2D eigenvalue weighted by atomic mass is 35.5. The summed E-state index contributed by atoms with van der Waals surface area (Å²) in [6.07, 6.45) is 2.43. The molecule has 1 saturated carbocycles. The molecule has 0 bridgehead atoms. The van der Waals surface area contributed by atoms with Crippen molar-refractivity contribution in [3.8, 4) is 0 Å². The van der Waals surface area contributed by atoms with Gasteiger partial charge in [-0.3, -0.25) is 0 Å². The van der Waals surface area contributed by atoms with Gasteiger partial charge >= 0.3 is 0 Å². The van der Waals surface area contributed by atoms with Crippen molar-refractivity contribution in [2.45, 2.75) is 25.3 Å². The lowest BCUT2D eigenvalue weighted by Gasteiger charge is -2.60. The van der Waals surface area contributed by atoms with E-state index in [1.807, 2.05) is 17.8 Å². The summed E-state index contributed by atoms with van der Waals surface area (Å²) in [7, 11) is 1.91. The van der Waals surface area contributed by atoms with Crippen LogP contribution in [0.4, 0.5) is 14.6 Å². The highest BCUT2D eigenvalue weighted by Crippen LogP contribution is 2.51. The number of alkyl halides is 2. The summed E-state index contributed by atoms with van der Waals surface area (Å²) in [6.45, 7) is 1.19. The second kappa shape index (κ2) is 6.14. The SMILES string of the molecule is Cn1cc(Cl)c2ncnc(N3CC4(CC(N(CC(F)F)[SH]=O)C4)C3)c21. The zero-order chi connectivity index (χ0) is 17.8. The van der Waals surface area contributed by atoms with Crippen LogP contribution in [0.2, 0.25) is 5.02 Å². The van der Waals surface area contributed by atoms with Gasteiger partial charge in [-0.1, -0.05) is 11.6 Å². The van der Waals surface area contributed by atoms with Gasteiger partial charge in [-0.25, -0.2) is 27.3 Å². The molecule has 1 aliphatic carbocycles. The fourth-order valence-corrected chi connectivity index (χ4v) is 4.88. The normalized spacial score (nSPS) is 19.8. The smallest absolute Gasteiger partial charge is 0.252 e. The maximum Gasteiger partial charge on any atom is 0.252 e. The minimum absolute atomic E-state index is 0.0368. The van der Waals surface area contributed by atoms with E-state index in [1.165, 1.54) is 10.6 Å². The van der Waals surface area contributed by atoms with Gasteiger partial charge < -0.3 is 9.47 Å². The second-order valence-electron chi connectivity index (χ2n) is 7.00. The Labute approximate surface area is 152 Å². The van der Waals surface area contributed by atoms with E-state index in [1.54, 1.807) is 0 Å². The van der Waals surface area contributed by atoms with Crippen LogP contribution in [0.1, 0.15) is 12.8 Å². The maximum absolute atomic E-state index is 12.5. The third-order valence-corrected chi connectivity index (χ3v) is 6.21. The van der Waals surface area contributed by atoms with Crippen LogP contribution in [0.25, 0.3) is 11.0 Å². The molecule has 2 aliphatic rings. The molecule has 0 radical (unpaired) electrons. The number of hydrogen-bond donors (Lipinski definition) is 1. The summed E-state index contributed by atoms with van der Waals surface area (Å²) in [6, 6.07) is -0.0368. The zero-order valence-corrected chi connectivity index (χ0v) is 15.2. The second-order valence-corrected chi connectivity index (χ2v) is 8.08. The summed E-state index contributed by atoms with van der Waals surface area (Å²) >= 11 is 5.87. The number of halogens is 3. The predicted molar refractivity (Wildman–Crippen MR) is 93.4 cm³/mol. The van der Waals surface area contributed by atoms with Gasteiger partial charge in [-0.05, 0) is 12.8 Å². The highest BCUT2D eigenvalue weighted by Gasteiger charge is 2.54. The van der Waals surface area contributed by atoms with E-state index >= 15 is 0 Å². The molecule has 136 valence electrons. The summed E-state index contributed by atoms with van der Waals surface area (Å²) < 4.78 is 39.4. The van der Waals surface area contributed by atoms with E-state index in [0.717, 1.165) is 42.8 Å². The van der Waals surface area contributed by atoms with Crippen molar-refractivity contribution >= 4 is 40.3 Å². The van der Waals surface area contributed by atoms with E-state index in [2.05, 4.69) is 14.9 Å². The first-order chi connectivity index (χ1) is 11.9. The Morgan fingerprint density at radius 3 is 2.80 bits per heavy atom. The average Bonchev–Trinajstić information content (AvgIpc) is 2.78. The van der Waals surface area contributed by atoms with Crippen LogP contribution in [0.5, 0.6) is 0 Å². The number of thiol groups is 1. The third-order valence-electron chi connectivity index (χ3n) is 5.23. The Balaban J connectivity index is 1.45. The van der Waals surface area contributed by atoms with Crippen molar-refractivity contribution in [1.29, 1.82) is 0 Å². The molecule has 25 heavy (non-hydrogen) atoms. The Kier molecular flexibility index (Phi) is 4.20. The number of fused-ring (bicyclic) bond motifs is 1. The lowest BCUT2D eigenvalue weighted by atomic mass is 9.60. The summed E-state index contributed by atoms with van der Waals surface area (Å²) in [4.78, 5) is 10.8. The van der Waals surface area contributed by atoms with Gasteiger partial charge in [0.05, 0.1) is 23.4 Å². The number of nitrogens with zero attached hydrogens (tertiary/aromatic N) is 5. The quantitative estimate of drug-likeness (QED) is 0.795. The molecule has 0 atom stereocenters. The number of hydrogen-bond acceptors (Lipinski definition) is 4. The van der Waals surface area contributed by atoms with Gasteiger partial charge in [0.1, 0.15) is 17.4 Å². The molecule has 0 N–H and O–H groups in total. The van der Waals surface area contributed by atoms with Gasteiger partial charge in [0.2, 0.25) is 0 Å². The van der Waals surface area contributed by atoms with Crippen LogP contribution in [0, 0.1) is 5.41 Å².